The molecule has 1 aliphatic heterocycles. The number of methoxy groups -OCH3 is 2. The summed E-state index contributed by atoms with van der Waals surface area (Å²) in [4.78, 5) is -0.0541. The van der Waals surface area contributed by atoms with Crippen LogP contribution in [0, 0.1) is 0 Å². The Hall–Kier alpha value is -2.76. The van der Waals surface area contributed by atoms with Gasteiger partial charge in [0.1, 0.15) is 20.6 Å². The summed E-state index contributed by atoms with van der Waals surface area (Å²) in [5.74, 6) is 0.598. The lowest BCUT2D eigenvalue weighted by molar-refractivity contribution is 0.386. The van der Waals surface area contributed by atoms with Crippen LogP contribution < -0.4 is 18.5 Å². The fraction of sp³-hybridized carbons (Fsp3) is 0.238. The monoisotopic (exact) mass is 494 g/mol. The molecule has 0 radical (unpaired) electrons. The molecule has 0 unspecified atom stereocenters. The van der Waals surface area contributed by atoms with Crippen molar-refractivity contribution in [1.82, 2.24) is 0 Å². The molecule has 0 atom stereocenters. The van der Waals surface area contributed by atoms with Crippen molar-refractivity contribution in [2.75, 3.05) is 29.8 Å². The van der Waals surface area contributed by atoms with Crippen molar-refractivity contribution in [1.29, 1.82) is 0 Å². The molecule has 170 valence electrons. The van der Waals surface area contributed by atoms with Crippen molar-refractivity contribution in [3.8, 4) is 11.5 Å². The van der Waals surface area contributed by atoms with E-state index in [0.717, 1.165) is 16.9 Å². The van der Waals surface area contributed by atoms with E-state index in [2.05, 4.69) is 4.72 Å². The molecule has 2 heterocycles. The number of ether oxygens (including phenoxy) is 2. The minimum absolute atomic E-state index is 0.0541. The van der Waals surface area contributed by atoms with Gasteiger partial charge in [0.25, 0.3) is 20.0 Å². The maximum absolute atomic E-state index is 13.1. The highest BCUT2D eigenvalue weighted by Crippen LogP contribution is 2.36. The molecule has 1 aromatic heterocycles. The summed E-state index contributed by atoms with van der Waals surface area (Å²) in [5.41, 5.74) is 1.59. The van der Waals surface area contributed by atoms with Crippen molar-refractivity contribution < 1.29 is 26.3 Å². The largest absolute Gasteiger partial charge is 0.497 e. The second kappa shape index (κ2) is 8.64. The van der Waals surface area contributed by atoms with E-state index >= 15 is 0 Å². The van der Waals surface area contributed by atoms with Gasteiger partial charge in [-0.05, 0) is 54.1 Å². The fourth-order valence-electron chi connectivity index (χ4n) is 3.58. The molecule has 0 saturated heterocycles. The molecule has 3 aromatic rings. The quantitative estimate of drug-likeness (QED) is 0.537. The van der Waals surface area contributed by atoms with Gasteiger partial charge < -0.3 is 9.47 Å². The first-order valence-electron chi connectivity index (χ1n) is 9.70. The third-order valence-electron chi connectivity index (χ3n) is 5.11. The maximum Gasteiger partial charge on any atom is 0.273 e. The molecule has 4 rings (SSSR count). The Morgan fingerprint density at radius 3 is 2.50 bits per heavy atom. The van der Waals surface area contributed by atoms with Crippen LogP contribution in [-0.2, 0) is 26.5 Å². The second-order valence-corrected chi connectivity index (χ2v) is 11.8. The van der Waals surface area contributed by atoms with Crippen LogP contribution in [0.2, 0.25) is 0 Å². The minimum Gasteiger partial charge on any atom is -0.497 e. The number of nitrogens with one attached hydrogen (secondary N) is 1. The van der Waals surface area contributed by atoms with Crippen molar-refractivity contribution in [3.05, 3.63) is 59.5 Å². The standard InChI is InChI=1S/C21H22N2O6S3/c1-28-17-9-10-20(19(14-17)29-2)31(24,25)22-16-8-7-15-5-3-11-23(18(15)13-16)32(26,27)21-6-4-12-30-21/h4,6-10,12-14,22H,3,5,11H2,1-2H3. The highest BCUT2D eigenvalue weighted by Gasteiger charge is 2.30. The van der Waals surface area contributed by atoms with Gasteiger partial charge in [0.05, 0.1) is 25.6 Å². The molecule has 11 heteroatoms. The average molecular weight is 495 g/mol. The van der Waals surface area contributed by atoms with Crippen LogP contribution in [0.25, 0.3) is 0 Å². The molecule has 32 heavy (non-hydrogen) atoms. The Morgan fingerprint density at radius 1 is 1.00 bits per heavy atom. The fourth-order valence-corrected chi connectivity index (χ4v) is 7.42. The Bertz CT molecular complexity index is 1340. The first-order valence-corrected chi connectivity index (χ1v) is 13.5. The molecular weight excluding hydrogens is 472 g/mol. The topological polar surface area (TPSA) is 102 Å². The van der Waals surface area contributed by atoms with Crippen molar-refractivity contribution in [3.63, 3.8) is 0 Å². The number of benzene rings is 2. The lowest BCUT2D eigenvalue weighted by atomic mass is 10.0. The number of thiophene rings is 1. The van der Waals surface area contributed by atoms with Crippen LogP contribution in [0.1, 0.15) is 12.0 Å². The Kier molecular flexibility index (Phi) is 6.06. The first kappa shape index (κ1) is 22.4. The van der Waals surface area contributed by atoms with Crippen LogP contribution in [-0.4, -0.2) is 37.6 Å². The molecule has 0 spiro atoms. The Morgan fingerprint density at radius 2 is 1.81 bits per heavy atom. The van der Waals surface area contributed by atoms with E-state index < -0.39 is 20.0 Å². The van der Waals surface area contributed by atoms with E-state index in [9.17, 15) is 16.8 Å². The maximum atomic E-state index is 13.1. The highest BCUT2D eigenvalue weighted by atomic mass is 32.2. The van der Waals surface area contributed by atoms with Gasteiger partial charge in [-0.25, -0.2) is 16.8 Å². The summed E-state index contributed by atoms with van der Waals surface area (Å²) in [7, 11) is -4.87. The number of fused-ring (bicyclic) bond motifs is 1. The number of aryl methyl sites for hydroxylation is 1. The zero-order chi connectivity index (χ0) is 22.9. The zero-order valence-corrected chi connectivity index (χ0v) is 19.9. The normalized spacial score (nSPS) is 14.0. The number of hydrogen-bond donors (Lipinski definition) is 1. The van der Waals surface area contributed by atoms with E-state index in [1.807, 2.05) is 0 Å². The highest BCUT2D eigenvalue weighted by molar-refractivity contribution is 7.94. The predicted molar refractivity (Wildman–Crippen MR) is 124 cm³/mol. The van der Waals surface area contributed by atoms with Gasteiger partial charge in [0.2, 0.25) is 0 Å². The van der Waals surface area contributed by atoms with Gasteiger partial charge in [-0.15, -0.1) is 11.3 Å². The molecular formula is C21H22N2O6S3. The van der Waals surface area contributed by atoms with Gasteiger partial charge in [-0.3, -0.25) is 9.03 Å². The van der Waals surface area contributed by atoms with Gasteiger partial charge >= 0.3 is 0 Å². The van der Waals surface area contributed by atoms with E-state index in [1.54, 1.807) is 35.7 Å². The lowest BCUT2D eigenvalue weighted by Crippen LogP contribution is -2.35. The van der Waals surface area contributed by atoms with Crippen LogP contribution in [0.5, 0.6) is 11.5 Å². The number of rotatable bonds is 7. The number of sulfonamides is 2. The summed E-state index contributed by atoms with van der Waals surface area (Å²) < 4.78 is 66.9. The first-order chi connectivity index (χ1) is 15.3. The Labute approximate surface area is 191 Å². The van der Waals surface area contributed by atoms with E-state index in [4.69, 9.17) is 9.47 Å². The van der Waals surface area contributed by atoms with Crippen molar-refractivity contribution in [2.45, 2.75) is 21.9 Å². The molecule has 8 nitrogen and oxygen atoms in total. The number of anilines is 2. The van der Waals surface area contributed by atoms with Crippen molar-refractivity contribution >= 4 is 42.8 Å². The van der Waals surface area contributed by atoms with Crippen LogP contribution in [0.15, 0.2) is 63.0 Å². The molecule has 0 bridgehead atoms. The summed E-state index contributed by atoms with van der Waals surface area (Å²) in [5, 5.41) is 1.71. The van der Waals surface area contributed by atoms with Crippen molar-refractivity contribution in [2.24, 2.45) is 0 Å². The van der Waals surface area contributed by atoms with Gasteiger partial charge in [0.15, 0.2) is 0 Å². The van der Waals surface area contributed by atoms with E-state index in [-0.39, 0.29) is 20.5 Å². The van der Waals surface area contributed by atoms with Gasteiger partial charge in [0, 0.05) is 12.6 Å². The van der Waals surface area contributed by atoms with E-state index in [1.165, 1.54) is 36.7 Å². The van der Waals surface area contributed by atoms with Crippen LogP contribution in [0.3, 0.4) is 0 Å². The summed E-state index contributed by atoms with van der Waals surface area (Å²) in [6, 6.07) is 12.6. The van der Waals surface area contributed by atoms with Crippen LogP contribution >= 0.6 is 11.3 Å². The summed E-state index contributed by atoms with van der Waals surface area (Å²) >= 11 is 1.15. The van der Waals surface area contributed by atoms with Gasteiger partial charge in [-0.2, -0.15) is 0 Å². The molecule has 0 saturated carbocycles. The summed E-state index contributed by atoms with van der Waals surface area (Å²) in [6.07, 6.45) is 1.40. The number of hydrogen-bond acceptors (Lipinski definition) is 7. The Balaban J connectivity index is 1.70. The SMILES string of the molecule is COc1ccc(S(=O)(=O)Nc2ccc3c(c2)N(S(=O)(=O)c2cccs2)CCC3)c(OC)c1. The molecule has 1 aliphatic rings. The average Bonchev–Trinajstić information content (AvgIpc) is 3.34. The second-order valence-electron chi connectivity index (χ2n) is 7.08. The smallest absolute Gasteiger partial charge is 0.273 e. The molecule has 2 aromatic carbocycles. The van der Waals surface area contributed by atoms with Gasteiger partial charge in [-0.1, -0.05) is 12.1 Å². The molecule has 0 amide bonds. The summed E-state index contributed by atoms with van der Waals surface area (Å²) in [6.45, 7) is 0.329. The minimum atomic E-state index is -4.00. The van der Waals surface area contributed by atoms with E-state index in [0.29, 0.717) is 30.8 Å². The molecule has 0 aliphatic carbocycles. The number of nitrogens with zero attached hydrogens (tertiary/aromatic N) is 1. The zero-order valence-electron chi connectivity index (χ0n) is 17.4. The predicted octanol–water partition coefficient (Wildman–Crippen LogP) is 3.71. The third-order valence-corrected chi connectivity index (χ3v) is 9.72. The third kappa shape index (κ3) is 4.15. The lowest BCUT2D eigenvalue weighted by Gasteiger charge is -2.30. The van der Waals surface area contributed by atoms with Crippen LogP contribution in [0.4, 0.5) is 11.4 Å². The molecule has 0 fully saturated rings. The molecule has 1 N–H and O–H groups in total.